The van der Waals surface area contributed by atoms with Gasteiger partial charge in [0.2, 0.25) is 0 Å². The van der Waals surface area contributed by atoms with Crippen LogP contribution in [0.25, 0.3) is 0 Å². The molecular weight excluding hydrogens is 300 g/mol. The van der Waals surface area contributed by atoms with Crippen molar-refractivity contribution in [1.29, 1.82) is 0 Å². The van der Waals surface area contributed by atoms with Gasteiger partial charge >= 0.3 is 0 Å². The number of hydrogen-bond donors (Lipinski definition) is 1. The fraction of sp³-hybridized carbons (Fsp3) is 0.938. The third kappa shape index (κ3) is 4.03. The van der Waals surface area contributed by atoms with E-state index >= 15 is 0 Å². The number of rotatable bonds is 3. The molecular formula is C16H28N2O5. The summed E-state index contributed by atoms with van der Waals surface area (Å²) < 4.78 is 16.5. The molecule has 3 heterocycles. The topological polar surface area (TPSA) is 71.5 Å². The van der Waals surface area contributed by atoms with Gasteiger partial charge in [0.05, 0.1) is 25.4 Å². The molecule has 1 unspecified atom stereocenters. The van der Waals surface area contributed by atoms with Gasteiger partial charge in [-0.3, -0.25) is 9.69 Å². The Morgan fingerprint density at radius 1 is 1.04 bits per heavy atom. The zero-order valence-corrected chi connectivity index (χ0v) is 14.0. The molecule has 0 spiro atoms. The van der Waals surface area contributed by atoms with Crippen LogP contribution >= 0.6 is 0 Å². The molecule has 0 aromatic heterocycles. The van der Waals surface area contributed by atoms with Crippen LogP contribution in [0, 0.1) is 0 Å². The highest BCUT2D eigenvalue weighted by Gasteiger charge is 2.44. The van der Waals surface area contributed by atoms with E-state index in [0.29, 0.717) is 72.1 Å². The summed E-state index contributed by atoms with van der Waals surface area (Å²) in [7, 11) is 0. The summed E-state index contributed by atoms with van der Waals surface area (Å²) in [6.07, 6.45) is 1.30. The van der Waals surface area contributed by atoms with Crippen LogP contribution in [0.4, 0.5) is 0 Å². The maximum atomic E-state index is 12.8. The van der Waals surface area contributed by atoms with Crippen LogP contribution in [-0.4, -0.2) is 97.8 Å². The quantitative estimate of drug-likeness (QED) is 0.752. The number of carbonyl (C=O) groups excluding carboxylic acids is 1. The number of ether oxygens (including phenoxy) is 3. The van der Waals surface area contributed by atoms with Crippen molar-refractivity contribution in [3.05, 3.63) is 0 Å². The van der Waals surface area contributed by atoms with Crippen molar-refractivity contribution in [2.75, 3.05) is 65.8 Å². The third-order valence-corrected chi connectivity index (χ3v) is 5.05. The van der Waals surface area contributed by atoms with Crippen molar-refractivity contribution in [2.45, 2.75) is 31.0 Å². The Balaban J connectivity index is 1.61. The third-order valence-electron chi connectivity index (χ3n) is 5.05. The maximum Gasteiger partial charge on any atom is 0.256 e. The lowest BCUT2D eigenvalue weighted by Gasteiger charge is -2.45. The largest absolute Gasteiger partial charge is 0.388 e. The minimum atomic E-state index is -0.836. The number of hydrogen-bond acceptors (Lipinski definition) is 6. The van der Waals surface area contributed by atoms with E-state index in [-0.39, 0.29) is 5.91 Å². The zero-order chi connectivity index (χ0) is 16.3. The normalized spacial score (nSPS) is 32.7. The predicted molar refractivity (Wildman–Crippen MR) is 83.2 cm³/mol. The van der Waals surface area contributed by atoms with Crippen molar-refractivity contribution in [3.63, 3.8) is 0 Å². The second kappa shape index (κ2) is 7.03. The Morgan fingerprint density at radius 3 is 2.39 bits per heavy atom. The molecule has 0 aromatic carbocycles. The number of aliphatic hydroxyl groups is 1. The Morgan fingerprint density at radius 2 is 1.70 bits per heavy atom. The minimum absolute atomic E-state index is 0.0319. The Hall–Kier alpha value is -0.730. The van der Waals surface area contributed by atoms with E-state index in [1.54, 1.807) is 0 Å². The molecule has 3 aliphatic rings. The van der Waals surface area contributed by atoms with Gasteiger partial charge in [0.15, 0.2) is 5.60 Å². The molecule has 3 saturated heterocycles. The van der Waals surface area contributed by atoms with Crippen molar-refractivity contribution in [1.82, 2.24) is 9.80 Å². The standard InChI is InChI=1S/C16H28N2O5/c1-15(14(19)18-5-9-22-10-6-18)12-17(4-11-23-15)13-16(20)2-7-21-8-3-16/h20H,2-13H2,1H3. The number of nitrogens with zero attached hydrogens (tertiary/aromatic N) is 2. The summed E-state index contributed by atoms with van der Waals surface area (Å²) >= 11 is 0. The minimum Gasteiger partial charge on any atom is -0.388 e. The van der Waals surface area contributed by atoms with Crippen LogP contribution in [0.2, 0.25) is 0 Å². The fourth-order valence-electron chi connectivity index (χ4n) is 3.64. The van der Waals surface area contributed by atoms with Gasteiger partial charge in [-0.15, -0.1) is 0 Å². The molecule has 0 radical (unpaired) electrons. The van der Waals surface area contributed by atoms with Crippen molar-refractivity contribution < 1.29 is 24.1 Å². The molecule has 0 aliphatic carbocycles. The molecule has 23 heavy (non-hydrogen) atoms. The predicted octanol–water partition coefficient (Wildman–Crippen LogP) is -0.522. The van der Waals surface area contributed by atoms with Gasteiger partial charge < -0.3 is 24.2 Å². The molecule has 1 amide bonds. The molecule has 3 aliphatic heterocycles. The lowest BCUT2D eigenvalue weighted by atomic mass is 9.92. The maximum absolute atomic E-state index is 12.8. The van der Waals surface area contributed by atoms with Crippen LogP contribution in [-0.2, 0) is 19.0 Å². The van der Waals surface area contributed by atoms with Crippen LogP contribution in [0.5, 0.6) is 0 Å². The first-order chi connectivity index (χ1) is 11.0. The first-order valence-electron chi connectivity index (χ1n) is 8.54. The molecule has 3 rings (SSSR count). The number of carbonyl (C=O) groups is 1. The smallest absolute Gasteiger partial charge is 0.256 e. The highest BCUT2D eigenvalue weighted by atomic mass is 16.5. The van der Waals surface area contributed by atoms with Gasteiger partial charge in [0, 0.05) is 58.8 Å². The van der Waals surface area contributed by atoms with E-state index < -0.39 is 11.2 Å². The molecule has 1 N–H and O–H groups in total. The number of morpholine rings is 2. The van der Waals surface area contributed by atoms with Gasteiger partial charge in [-0.2, -0.15) is 0 Å². The summed E-state index contributed by atoms with van der Waals surface area (Å²) in [6, 6.07) is 0. The van der Waals surface area contributed by atoms with Gasteiger partial charge in [-0.25, -0.2) is 0 Å². The average Bonchev–Trinajstić information content (AvgIpc) is 2.55. The number of amides is 1. The molecule has 0 bridgehead atoms. The SMILES string of the molecule is CC1(C(=O)N2CCOCC2)CN(CC2(O)CCOCC2)CCO1. The second-order valence-corrected chi connectivity index (χ2v) is 7.03. The Labute approximate surface area is 137 Å². The van der Waals surface area contributed by atoms with Crippen LogP contribution in [0.3, 0.4) is 0 Å². The summed E-state index contributed by atoms with van der Waals surface area (Å²) in [5.41, 5.74) is -1.55. The highest BCUT2D eigenvalue weighted by Crippen LogP contribution is 2.26. The van der Waals surface area contributed by atoms with Crippen LogP contribution in [0.15, 0.2) is 0 Å². The first-order valence-corrected chi connectivity index (χ1v) is 8.54. The molecule has 0 aromatic rings. The van der Waals surface area contributed by atoms with Crippen molar-refractivity contribution >= 4 is 5.91 Å². The van der Waals surface area contributed by atoms with E-state index in [9.17, 15) is 9.90 Å². The molecule has 7 heteroatoms. The monoisotopic (exact) mass is 328 g/mol. The van der Waals surface area contributed by atoms with E-state index in [2.05, 4.69) is 4.90 Å². The molecule has 7 nitrogen and oxygen atoms in total. The van der Waals surface area contributed by atoms with Gasteiger partial charge in [-0.05, 0) is 6.92 Å². The lowest BCUT2D eigenvalue weighted by molar-refractivity contribution is -0.175. The van der Waals surface area contributed by atoms with E-state index in [1.807, 2.05) is 11.8 Å². The van der Waals surface area contributed by atoms with E-state index in [1.165, 1.54) is 0 Å². The number of β-amino-alcohol motifs (C(OH)–C–C–N with tert-alkyl or cyclic N) is 1. The first kappa shape index (κ1) is 17.1. The summed E-state index contributed by atoms with van der Waals surface area (Å²) in [4.78, 5) is 16.8. The van der Waals surface area contributed by atoms with Gasteiger partial charge in [-0.1, -0.05) is 0 Å². The summed E-state index contributed by atoms with van der Waals surface area (Å²) in [5, 5.41) is 10.7. The van der Waals surface area contributed by atoms with Crippen LogP contribution in [0.1, 0.15) is 19.8 Å². The summed E-state index contributed by atoms with van der Waals surface area (Å²) in [6.45, 7) is 7.85. The van der Waals surface area contributed by atoms with Crippen molar-refractivity contribution in [3.8, 4) is 0 Å². The van der Waals surface area contributed by atoms with Crippen LogP contribution < -0.4 is 0 Å². The molecule has 0 saturated carbocycles. The lowest BCUT2D eigenvalue weighted by Crippen LogP contribution is -2.62. The zero-order valence-electron chi connectivity index (χ0n) is 14.0. The average molecular weight is 328 g/mol. The van der Waals surface area contributed by atoms with Gasteiger partial charge in [0.1, 0.15) is 0 Å². The molecule has 132 valence electrons. The summed E-state index contributed by atoms with van der Waals surface area (Å²) in [5.74, 6) is 0.0319. The van der Waals surface area contributed by atoms with E-state index in [0.717, 1.165) is 6.54 Å². The second-order valence-electron chi connectivity index (χ2n) is 7.03. The molecule has 1 atom stereocenters. The fourth-order valence-corrected chi connectivity index (χ4v) is 3.64. The Bertz CT molecular complexity index is 421. The Kier molecular flexibility index (Phi) is 5.22. The molecule has 3 fully saturated rings. The highest BCUT2D eigenvalue weighted by molar-refractivity contribution is 5.85. The van der Waals surface area contributed by atoms with Crippen molar-refractivity contribution in [2.24, 2.45) is 0 Å². The van der Waals surface area contributed by atoms with Gasteiger partial charge in [0.25, 0.3) is 5.91 Å². The van der Waals surface area contributed by atoms with E-state index in [4.69, 9.17) is 14.2 Å².